The molecule has 3 aromatic rings. The third kappa shape index (κ3) is 9.60. The lowest BCUT2D eigenvalue weighted by Crippen LogP contribution is -2.34. The van der Waals surface area contributed by atoms with E-state index in [1.807, 2.05) is 12.1 Å². The molecule has 10 nitrogen and oxygen atoms in total. The lowest BCUT2D eigenvalue weighted by Gasteiger charge is -2.28. The Labute approximate surface area is 228 Å². The quantitative estimate of drug-likeness (QED) is 0.236. The monoisotopic (exact) mass is 539 g/mol. The van der Waals surface area contributed by atoms with E-state index < -0.39 is 18.0 Å². The van der Waals surface area contributed by atoms with Crippen LogP contribution in [0.2, 0.25) is 0 Å². The molecule has 10 heteroatoms. The lowest BCUT2D eigenvalue weighted by atomic mass is 10.0. The fraction of sp³-hybridized carbons (Fsp3) is 0.310. The van der Waals surface area contributed by atoms with Crippen LogP contribution in [0.5, 0.6) is 5.75 Å². The van der Waals surface area contributed by atoms with Gasteiger partial charge in [-0.2, -0.15) is 0 Å². The SMILES string of the molecule is CN(CCCN1c2ccccc2CCc2ccccc21)CC(O)COc1ccc(N)cc1.O.O=C(O)C(=O)O. The number of likely N-dealkylation sites (N-methyl/N-ethyl adjacent to an activating group) is 1. The van der Waals surface area contributed by atoms with Gasteiger partial charge in [-0.05, 0) is 80.4 Å². The van der Waals surface area contributed by atoms with Crippen LogP contribution in [0, 0.1) is 0 Å². The van der Waals surface area contributed by atoms with Crippen LogP contribution in [0.25, 0.3) is 0 Å². The molecule has 7 N–H and O–H groups in total. The summed E-state index contributed by atoms with van der Waals surface area (Å²) in [6, 6.07) is 24.7. The van der Waals surface area contributed by atoms with Crippen LogP contribution in [-0.2, 0) is 22.4 Å². The Balaban J connectivity index is 0.000000687. The number of carbonyl (C=O) groups is 2. The number of fused-ring (bicyclic) bond motifs is 2. The average Bonchev–Trinajstić information content (AvgIpc) is 3.06. The minimum Gasteiger partial charge on any atom is -0.491 e. The molecule has 1 heterocycles. The van der Waals surface area contributed by atoms with Crippen molar-refractivity contribution >= 4 is 29.0 Å². The molecule has 1 aliphatic heterocycles. The number of hydrogen-bond acceptors (Lipinski definition) is 7. The van der Waals surface area contributed by atoms with E-state index in [0.717, 1.165) is 38.1 Å². The number of aliphatic hydroxyl groups is 1. The van der Waals surface area contributed by atoms with Crippen molar-refractivity contribution in [1.82, 2.24) is 4.90 Å². The number of nitrogen functional groups attached to an aromatic ring is 1. The van der Waals surface area contributed by atoms with E-state index in [-0.39, 0.29) is 12.1 Å². The number of anilines is 3. The zero-order valence-corrected chi connectivity index (χ0v) is 22.0. The molecule has 0 fully saturated rings. The number of aryl methyl sites for hydroxylation is 2. The molecule has 0 bridgehead atoms. The Kier molecular flexibility index (Phi) is 12.2. The Morgan fingerprint density at radius 1 is 0.923 bits per heavy atom. The summed E-state index contributed by atoms with van der Waals surface area (Å²) in [6.07, 6.45) is 2.61. The second-order valence-electron chi connectivity index (χ2n) is 9.17. The number of nitrogens with two attached hydrogens (primary N) is 1. The fourth-order valence-corrected chi connectivity index (χ4v) is 4.37. The standard InChI is InChI=1S/C27H33N3O2.C2H2O4.H2O/c1-29(19-24(31)20-32-25-15-13-23(28)14-16-25)17-6-18-30-26-9-4-2-7-21(26)11-12-22-8-3-5-10-27(22)30;3-1(4)2(5)6;/h2-5,7-10,13-16,24,31H,6,11-12,17-20,28H2,1H3;(H,3,4)(H,5,6);1H2. The molecule has 39 heavy (non-hydrogen) atoms. The van der Waals surface area contributed by atoms with E-state index in [1.54, 1.807) is 12.1 Å². The molecular weight excluding hydrogens is 502 g/mol. The van der Waals surface area contributed by atoms with Crippen molar-refractivity contribution in [2.24, 2.45) is 0 Å². The van der Waals surface area contributed by atoms with Crippen molar-refractivity contribution in [3.05, 3.63) is 83.9 Å². The molecular formula is C29H37N3O7. The molecule has 0 aliphatic carbocycles. The first-order valence-electron chi connectivity index (χ1n) is 12.5. The summed E-state index contributed by atoms with van der Waals surface area (Å²) in [5, 5.41) is 25.2. The largest absolute Gasteiger partial charge is 0.491 e. The molecule has 1 aliphatic rings. The van der Waals surface area contributed by atoms with Gasteiger partial charge in [-0.3, -0.25) is 0 Å². The fourth-order valence-electron chi connectivity index (χ4n) is 4.37. The van der Waals surface area contributed by atoms with E-state index in [0.29, 0.717) is 12.2 Å². The number of carboxylic acid groups (broad SMARTS) is 2. The zero-order valence-electron chi connectivity index (χ0n) is 22.0. The van der Waals surface area contributed by atoms with Crippen LogP contribution in [0.1, 0.15) is 17.5 Å². The van der Waals surface area contributed by atoms with Gasteiger partial charge in [-0.25, -0.2) is 9.59 Å². The molecule has 0 radical (unpaired) electrons. The second-order valence-corrected chi connectivity index (χ2v) is 9.17. The summed E-state index contributed by atoms with van der Waals surface area (Å²) >= 11 is 0. The Bertz CT molecular complexity index is 1140. The summed E-state index contributed by atoms with van der Waals surface area (Å²) in [5.74, 6) is -2.93. The number of para-hydroxylation sites is 2. The zero-order chi connectivity index (χ0) is 27.5. The molecule has 3 aromatic carbocycles. The van der Waals surface area contributed by atoms with Crippen LogP contribution in [-0.4, -0.2) is 77.0 Å². The molecule has 210 valence electrons. The second kappa shape index (κ2) is 15.3. The van der Waals surface area contributed by atoms with Crippen LogP contribution in [0.4, 0.5) is 17.1 Å². The number of rotatable bonds is 9. The molecule has 0 saturated carbocycles. The van der Waals surface area contributed by atoms with Gasteiger partial charge in [0.2, 0.25) is 0 Å². The normalized spacial score (nSPS) is 12.5. The highest BCUT2D eigenvalue weighted by molar-refractivity contribution is 6.27. The third-order valence-corrected chi connectivity index (χ3v) is 6.18. The Morgan fingerprint density at radius 3 is 1.95 bits per heavy atom. The third-order valence-electron chi connectivity index (χ3n) is 6.18. The highest BCUT2D eigenvalue weighted by Gasteiger charge is 2.20. The molecule has 1 unspecified atom stereocenters. The number of hydrogen-bond donors (Lipinski definition) is 4. The van der Waals surface area contributed by atoms with E-state index in [9.17, 15) is 5.11 Å². The van der Waals surface area contributed by atoms with Gasteiger partial charge in [-0.15, -0.1) is 0 Å². The molecule has 0 amide bonds. The predicted molar refractivity (Wildman–Crippen MR) is 151 cm³/mol. The topological polar surface area (TPSA) is 168 Å². The maximum Gasteiger partial charge on any atom is 0.414 e. The lowest BCUT2D eigenvalue weighted by molar-refractivity contribution is -0.159. The minimum absolute atomic E-state index is 0. The van der Waals surface area contributed by atoms with Crippen molar-refractivity contribution in [1.29, 1.82) is 0 Å². The van der Waals surface area contributed by atoms with Gasteiger partial charge >= 0.3 is 11.9 Å². The van der Waals surface area contributed by atoms with E-state index in [2.05, 4.69) is 65.4 Å². The van der Waals surface area contributed by atoms with Crippen LogP contribution in [0.3, 0.4) is 0 Å². The summed E-state index contributed by atoms with van der Waals surface area (Å²) in [6.45, 7) is 2.68. The smallest absolute Gasteiger partial charge is 0.414 e. The van der Waals surface area contributed by atoms with Crippen LogP contribution < -0.4 is 15.4 Å². The molecule has 0 aromatic heterocycles. The number of carboxylic acids is 2. The van der Waals surface area contributed by atoms with Crippen molar-refractivity contribution in [3.8, 4) is 5.75 Å². The van der Waals surface area contributed by atoms with E-state index >= 15 is 0 Å². The van der Waals surface area contributed by atoms with Gasteiger partial charge < -0.3 is 41.1 Å². The molecule has 4 rings (SSSR count). The van der Waals surface area contributed by atoms with Gasteiger partial charge in [0.1, 0.15) is 18.5 Å². The van der Waals surface area contributed by atoms with Crippen molar-refractivity contribution in [2.45, 2.75) is 25.4 Å². The molecule has 0 spiro atoms. The van der Waals surface area contributed by atoms with Gasteiger partial charge in [0, 0.05) is 30.2 Å². The molecule has 0 saturated heterocycles. The summed E-state index contributed by atoms with van der Waals surface area (Å²) < 4.78 is 5.67. The first-order chi connectivity index (χ1) is 18.2. The van der Waals surface area contributed by atoms with Crippen LogP contribution >= 0.6 is 0 Å². The summed E-state index contributed by atoms with van der Waals surface area (Å²) in [7, 11) is 2.05. The first-order valence-corrected chi connectivity index (χ1v) is 12.5. The predicted octanol–water partition coefficient (Wildman–Crippen LogP) is 2.60. The maximum atomic E-state index is 10.4. The Morgan fingerprint density at radius 2 is 1.44 bits per heavy atom. The van der Waals surface area contributed by atoms with Crippen molar-refractivity contribution in [3.63, 3.8) is 0 Å². The highest BCUT2D eigenvalue weighted by atomic mass is 16.5. The van der Waals surface area contributed by atoms with E-state index in [4.69, 9.17) is 30.3 Å². The van der Waals surface area contributed by atoms with Crippen LogP contribution in [0.15, 0.2) is 72.8 Å². The number of nitrogens with zero attached hydrogens (tertiary/aromatic N) is 2. The summed E-state index contributed by atoms with van der Waals surface area (Å²) in [4.78, 5) is 22.8. The molecule has 1 atom stereocenters. The maximum absolute atomic E-state index is 10.4. The number of ether oxygens (including phenoxy) is 1. The highest BCUT2D eigenvalue weighted by Crippen LogP contribution is 2.35. The van der Waals surface area contributed by atoms with Crippen molar-refractivity contribution < 1.29 is 35.1 Å². The minimum atomic E-state index is -1.82. The van der Waals surface area contributed by atoms with E-state index in [1.165, 1.54) is 22.5 Å². The van der Waals surface area contributed by atoms with Crippen molar-refractivity contribution in [2.75, 3.05) is 43.9 Å². The van der Waals surface area contributed by atoms with Gasteiger partial charge in [-0.1, -0.05) is 36.4 Å². The summed E-state index contributed by atoms with van der Waals surface area (Å²) in [5.41, 5.74) is 11.8. The Hall–Kier alpha value is -4.12. The number of aliphatic hydroxyl groups excluding tert-OH is 1. The average molecular weight is 540 g/mol. The van der Waals surface area contributed by atoms with Gasteiger partial charge in [0.25, 0.3) is 0 Å². The number of aliphatic carboxylic acids is 2. The van der Waals surface area contributed by atoms with Gasteiger partial charge in [0.15, 0.2) is 0 Å². The first kappa shape index (κ1) is 31.1. The number of benzene rings is 3. The van der Waals surface area contributed by atoms with Gasteiger partial charge in [0.05, 0.1) is 0 Å².